The number of anilines is 4. The first-order valence-electron chi connectivity index (χ1n) is 10.0. The number of halogens is 2. The van der Waals surface area contributed by atoms with E-state index in [0.29, 0.717) is 55.4 Å². The summed E-state index contributed by atoms with van der Waals surface area (Å²) in [5.74, 6) is 2.14. The van der Waals surface area contributed by atoms with Gasteiger partial charge in [-0.1, -0.05) is 0 Å². The number of hydrogen-bond donors (Lipinski definition) is 2. The molecule has 172 valence electrons. The van der Waals surface area contributed by atoms with E-state index >= 15 is 0 Å². The predicted molar refractivity (Wildman–Crippen MR) is 124 cm³/mol. The van der Waals surface area contributed by atoms with Gasteiger partial charge >= 0.3 is 0 Å². The number of nitrogens with zero attached hydrogens (tertiary/aromatic N) is 5. The molecular weight excluding hydrogens is 453 g/mol. The van der Waals surface area contributed by atoms with Crippen LogP contribution < -0.4 is 25.1 Å². The molecule has 2 aliphatic rings. The molecule has 0 unspecified atom stereocenters. The van der Waals surface area contributed by atoms with Crippen LogP contribution in [0.2, 0.25) is 0 Å². The van der Waals surface area contributed by atoms with Crippen LogP contribution in [0.3, 0.4) is 0 Å². The first-order valence-corrected chi connectivity index (χ1v) is 10.0. The van der Waals surface area contributed by atoms with Crippen molar-refractivity contribution >= 4 is 42.2 Å². The third-order valence-corrected chi connectivity index (χ3v) is 4.79. The lowest BCUT2D eigenvalue weighted by Crippen LogP contribution is -2.37. The summed E-state index contributed by atoms with van der Waals surface area (Å²) in [7, 11) is 0. The molecule has 1 saturated heterocycles. The number of benzene rings is 2. The van der Waals surface area contributed by atoms with Crippen molar-refractivity contribution in [2.75, 3.05) is 48.7 Å². The van der Waals surface area contributed by atoms with Crippen molar-refractivity contribution in [3.8, 4) is 11.5 Å². The number of nitrogens with one attached hydrogen (secondary N) is 2. The van der Waals surface area contributed by atoms with Gasteiger partial charge in [-0.05, 0) is 48.0 Å². The van der Waals surface area contributed by atoms with Crippen molar-refractivity contribution in [2.24, 2.45) is 5.10 Å². The fourth-order valence-electron chi connectivity index (χ4n) is 3.20. The van der Waals surface area contributed by atoms with Gasteiger partial charge in [0.1, 0.15) is 5.82 Å². The predicted octanol–water partition coefficient (Wildman–Crippen LogP) is 3.19. The molecular formula is C21H21ClFN7O3. The Labute approximate surface area is 195 Å². The monoisotopic (exact) mass is 473 g/mol. The molecule has 0 amide bonds. The molecule has 1 fully saturated rings. The summed E-state index contributed by atoms with van der Waals surface area (Å²) < 4.78 is 29.3. The number of hydrogen-bond acceptors (Lipinski definition) is 10. The Morgan fingerprint density at radius 2 is 1.70 bits per heavy atom. The van der Waals surface area contributed by atoms with E-state index in [1.807, 2.05) is 23.1 Å². The quantitative estimate of drug-likeness (QED) is 0.412. The summed E-state index contributed by atoms with van der Waals surface area (Å²) in [6.45, 7) is 2.74. The van der Waals surface area contributed by atoms with E-state index < -0.39 is 0 Å². The van der Waals surface area contributed by atoms with Crippen LogP contribution in [0.25, 0.3) is 0 Å². The van der Waals surface area contributed by atoms with Gasteiger partial charge in [0.05, 0.1) is 19.4 Å². The highest BCUT2D eigenvalue weighted by Crippen LogP contribution is 2.32. The van der Waals surface area contributed by atoms with E-state index in [1.54, 1.807) is 18.3 Å². The van der Waals surface area contributed by atoms with Crippen molar-refractivity contribution in [3.05, 3.63) is 53.8 Å². The maximum Gasteiger partial charge on any atom is 0.250 e. The number of fused-ring (bicyclic) bond motifs is 1. The fraction of sp³-hybridized carbons (Fsp3) is 0.238. The first kappa shape index (κ1) is 22.5. The third kappa shape index (κ3) is 5.57. The van der Waals surface area contributed by atoms with Crippen LogP contribution in [0, 0.1) is 5.82 Å². The second-order valence-electron chi connectivity index (χ2n) is 7.00. The van der Waals surface area contributed by atoms with Crippen molar-refractivity contribution in [2.45, 2.75) is 0 Å². The topological polar surface area (TPSA) is 106 Å². The van der Waals surface area contributed by atoms with Gasteiger partial charge in [-0.25, -0.2) is 9.82 Å². The highest BCUT2D eigenvalue weighted by molar-refractivity contribution is 5.85. The Kier molecular flexibility index (Phi) is 7.01. The Morgan fingerprint density at radius 1 is 0.939 bits per heavy atom. The highest BCUT2D eigenvalue weighted by atomic mass is 35.5. The van der Waals surface area contributed by atoms with E-state index in [1.165, 1.54) is 12.1 Å². The number of rotatable bonds is 6. The third-order valence-electron chi connectivity index (χ3n) is 4.79. The van der Waals surface area contributed by atoms with E-state index in [-0.39, 0.29) is 31.0 Å². The number of morpholine rings is 1. The Bertz CT molecular complexity index is 1130. The van der Waals surface area contributed by atoms with Crippen molar-refractivity contribution in [1.82, 2.24) is 15.0 Å². The second kappa shape index (κ2) is 10.3. The van der Waals surface area contributed by atoms with Crippen molar-refractivity contribution in [3.63, 3.8) is 0 Å². The molecule has 0 radical (unpaired) electrons. The zero-order chi connectivity index (χ0) is 21.8. The molecule has 3 aromatic rings. The van der Waals surface area contributed by atoms with Gasteiger partial charge in [0.25, 0.3) is 0 Å². The van der Waals surface area contributed by atoms with Crippen LogP contribution in [-0.2, 0) is 4.74 Å². The largest absolute Gasteiger partial charge is 0.454 e. The van der Waals surface area contributed by atoms with Crippen LogP contribution in [0.1, 0.15) is 5.56 Å². The Hall–Kier alpha value is -3.70. The van der Waals surface area contributed by atoms with Crippen LogP contribution >= 0.6 is 12.4 Å². The van der Waals surface area contributed by atoms with E-state index in [9.17, 15) is 4.39 Å². The smallest absolute Gasteiger partial charge is 0.250 e. The maximum absolute atomic E-state index is 13.2. The second-order valence-corrected chi connectivity index (χ2v) is 7.00. The van der Waals surface area contributed by atoms with E-state index in [2.05, 4.69) is 30.8 Å². The molecule has 0 atom stereocenters. The highest BCUT2D eigenvalue weighted by Gasteiger charge is 2.17. The molecule has 2 aromatic carbocycles. The summed E-state index contributed by atoms with van der Waals surface area (Å²) in [6, 6.07) is 11.5. The molecule has 0 spiro atoms. The van der Waals surface area contributed by atoms with Crippen molar-refractivity contribution < 1.29 is 18.6 Å². The molecule has 0 saturated carbocycles. The minimum Gasteiger partial charge on any atom is -0.454 e. The minimum absolute atomic E-state index is 0. The molecule has 12 heteroatoms. The van der Waals surface area contributed by atoms with Gasteiger partial charge in [0.15, 0.2) is 11.5 Å². The Balaban J connectivity index is 0.00000259. The van der Waals surface area contributed by atoms with Gasteiger partial charge in [0.2, 0.25) is 24.6 Å². The lowest BCUT2D eigenvalue weighted by atomic mass is 10.2. The molecule has 3 heterocycles. The average molecular weight is 474 g/mol. The average Bonchev–Trinajstić information content (AvgIpc) is 3.29. The molecule has 5 rings (SSSR count). The van der Waals surface area contributed by atoms with E-state index in [4.69, 9.17) is 14.2 Å². The molecule has 2 N–H and O–H groups in total. The minimum atomic E-state index is -0.319. The molecule has 0 bridgehead atoms. The normalized spacial score (nSPS) is 14.8. The Morgan fingerprint density at radius 3 is 2.52 bits per heavy atom. The summed E-state index contributed by atoms with van der Waals surface area (Å²) in [6.07, 6.45) is 1.63. The van der Waals surface area contributed by atoms with Gasteiger partial charge < -0.3 is 24.4 Å². The molecule has 33 heavy (non-hydrogen) atoms. The summed E-state index contributed by atoms with van der Waals surface area (Å²) in [4.78, 5) is 15.4. The van der Waals surface area contributed by atoms with Gasteiger partial charge in [0, 0.05) is 18.8 Å². The van der Waals surface area contributed by atoms with Gasteiger partial charge in [-0.2, -0.15) is 20.1 Å². The number of hydrazone groups is 1. The summed E-state index contributed by atoms with van der Waals surface area (Å²) in [5.41, 5.74) is 4.33. The maximum atomic E-state index is 13.2. The SMILES string of the molecule is Cl.Fc1ccc(Nc2nc(N/N=C/c3ccc4c(c3)OCO4)nc(N3CCOCC3)n2)cc1. The summed E-state index contributed by atoms with van der Waals surface area (Å²) in [5, 5.41) is 7.32. The zero-order valence-electron chi connectivity index (χ0n) is 17.4. The van der Waals surface area contributed by atoms with Gasteiger partial charge in [-0.3, -0.25) is 0 Å². The van der Waals surface area contributed by atoms with Gasteiger partial charge in [-0.15, -0.1) is 12.4 Å². The lowest BCUT2D eigenvalue weighted by Gasteiger charge is -2.27. The molecule has 0 aliphatic carbocycles. The molecule has 2 aliphatic heterocycles. The molecule has 1 aromatic heterocycles. The lowest BCUT2D eigenvalue weighted by molar-refractivity contribution is 0.122. The van der Waals surface area contributed by atoms with Crippen LogP contribution in [0.5, 0.6) is 11.5 Å². The van der Waals surface area contributed by atoms with Crippen LogP contribution in [0.15, 0.2) is 47.6 Å². The summed E-state index contributed by atoms with van der Waals surface area (Å²) >= 11 is 0. The van der Waals surface area contributed by atoms with Crippen LogP contribution in [-0.4, -0.2) is 54.3 Å². The first-order chi connectivity index (χ1) is 15.7. The number of aromatic nitrogens is 3. The fourth-order valence-corrected chi connectivity index (χ4v) is 3.20. The van der Waals surface area contributed by atoms with Crippen molar-refractivity contribution in [1.29, 1.82) is 0 Å². The standard InChI is InChI=1S/C21H20FN7O3.ClH/c22-15-2-4-16(5-3-15)24-19-25-20(27-21(26-19)29-7-9-30-10-8-29)28-23-12-14-1-6-17-18(11-14)32-13-31-17;/h1-6,11-12H,7-10,13H2,(H2,24,25,26,27,28);1H/b23-12+;. The number of ether oxygens (including phenoxy) is 3. The van der Waals surface area contributed by atoms with Crippen LogP contribution in [0.4, 0.5) is 27.9 Å². The van der Waals surface area contributed by atoms with E-state index in [0.717, 1.165) is 5.56 Å². The zero-order valence-corrected chi connectivity index (χ0v) is 18.2. The molecule has 10 nitrogen and oxygen atoms in total.